The number of pyridine rings is 2. The zero-order valence-corrected chi connectivity index (χ0v) is 23.4. The number of piperazine rings is 1. The number of hydrogen-bond donors (Lipinski definition) is 1. The van der Waals surface area contributed by atoms with Crippen LogP contribution in [0.4, 0.5) is 19.4 Å². The highest BCUT2D eigenvalue weighted by atomic mass is 19.3. The molecule has 0 aliphatic carbocycles. The highest BCUT2D eigenvalue weighted by molar-refractivity contribution is 5.69. The number of carbonyl (C=O) groups is 1. The van der Waals surface area contributed by atoms with E-state index in [9.17, 15) is 18.7 Å². The molecule has 216 valence electrons. The number of aliphatic hydroxyl groups is 1. The standard InChI is InChI=1S/C30H33F2N5O4/c1-19-26(27(38)22-7-5-6-8-23(22)40-28(31)32)37-18-21(10-12-25(37)34-19)20-9-11-24(33-17-20)35-13-15-36(16-14-35)29(39)41-30(2,3)4/h5-12,17-18,27-28,38H,13-16H2,1-4H3. The van der Waals surface area contributed by atoms with Gasteiger partial charge in [0.2, 0.25) is 0 Å². The van der Waals surface area contributed by atoms with Crippen molar-refractivity contribution in [1.29, 1.82) is 0 Å². The van der Waals surface area contributed by atoms with E-state index in [1.165, 1.54) is 6.07 Å². The monoisotopic (exact) mass is 565 g/mol. The number of halogens is 2. The maximum absolute atomic E-state index is 13.0. The number of carbonyl (C=O) groups excluding carboxylic acids is 1. The van der Waals surface area contributed by atoms with Crippen LogP contribution < -0.4 is 9.64 Å². The molecular formula is C30H33F2N5O4. The molecule has 1 atom stereocenters. The number of ether oxygens (including phenoxy) is 2. The van der Waals surface area contributed by atoms with E-state index in [-0.39, 0.29) is 17.4 Å². The maximum atomic E-state index is 13.0. The fourth-order valence-electron chi connectivity index (χ4n) is 4.93. The van der Waals surface area contributed by atoms with Gasteiger partial charge in [0.25, 0.3) is 0 Å². The van der Waals surface area contributed by atoms with Crippen LogP contribution in [0.15, 0.2) is 60.9 Å². The highest BCUT2D eigenvalue weighted by Crippen LogP contribution is 2.34. The van der Waals surface area contributed by atoms with Gasteiger partial charge in [0, 0.05) is 55.3 Å². The van der Waals surface area contributed by atoms with Gasteiger partial charge in [-0.05, 0) is 58.0 Å². The van der Waals surface area contributed by atoms with Crippen LogP contribution in [-0.2, 0) is 4.74 Å². The second kappa shape index (κ2) is 11.3. The molecule has 3 aromatic heterocycles. The summed E-state index contributed by atoms with van der Waals surface area (Å²) in [6, 6.07) is 13.9. The Kier molecular flexibility index (Phi) is 7.81. The minimum Gasteiger partial charge on any atom is -0.444 e. The van der Waals surface area contributed by atoms with Crippen molar-refractivity contribution in [2.75, 3.05) is 31.1 Å². The quantitative estimate of drug-likeness (QED) is 0.333. The summed E-state index contributed by atoms with van der Waals surface area (Å²) in [5, 5.41) is 11.3. The zero-order valence-electron chi connectivity index (χ0n) is 23.4. The average Bonchev–Trinajstić information content (AvgIpc) is 3.27. The Morgan fingerprint density at radius 2 is 1.71 bits per heavy atom. The van der Waals surface area contributed by atoms with E-state index in [4.69, 9.17) is 4.74 Å². The molecule has 11 heteroatoms. The summed E-state index contributed by atoms with van der Waals surface area (Å²) >= 11 is 0. The summed E-state index contributed by atoms with van der Waals surface area (Å²) < 4.78 is 37.8. The molecule has 0 spiro atoms. The van der Waals surface area contributed by atoms with Crippen molar-refractivity contribution in [3.8, 4) is 16.9 Å². The fourth-order valence-corrected chi connectivity index (χ4v) is 4.93. The minimum absolute atomic E-state index is 0.0905. The second-order valence-corrected chi connectivity index (χ2v) is 10.9. The van der Waals surface area contributed by atoms with Crippen LogP contribution in [0.25, 0.3) is 16.8 Å². The smallest absolute Gasteiger partial charge is 0.410 e. The Bertz CT molecular complexity index is 1530. The van der Waals surface area contributed by atoms with Gasteiger partial charge in [-0.2, -0.15) is 8.78 Å². The number of benzene rings is 1. The molecule has 1 aromatic carbocycles. The summed E-state index contributed by atoms with van der Waals surface area (Å²) in [7, 11) is 0. The van der Waals surface area contributed by atoms with Crippen LogP contribution in [-0.4, -0.2) is 68.9 Å². The number of aryl methyl sites for hydroxylation is 1. The first-order valence-electron chi connectivity index (χ1n) is 13.4. The number of para-hydroxylation sites is 1. The van der Waals surface area contributed by atoms with Gasteiger partial charge >= 0.3 is 12.7 Å². The molecule has 5 rings (SSSR count). The number of anilines is 1. The summed E-state index contributed by atoms with van der Waals surface area (Å²) in [6.07, 6.45) is 2.08. The summed E-state index contributed by atoms with van der Waals surface area (Å²) in [5.74, 6) is 0.719. The molecule has 1 fully saturated rings. The fraction of sp³-hybridized carbons (Fsp3) is 0.367. The van der Waals surface area contributed by atoms with Crippen molar-refractivity contribution >= 4 is 17.6 Å². The van der Waals surface area contributed by atoms with E-state index in [1.54, 1.807) is 40.6 Å². The van der Waals surface area contributed by atoms with Crippen molar-refractivity contribution in [1.82, 2.24) is 19.3 Å². The third-order valence-corrected chi connectivity index (χ3v) is 6.86. The second-order valence-electron chi connectivity index (χ2n) is 10.9. The molecule has 1 unspecified atom stereocenters. The Morgan fingerprint density at radius 1 is 1.00 bits per heavy atom. The molecule has 0 bridgehead atoms. The molecule has 1 saturated heterocycles. The van der Waals surface area contributed by atoms with Crippen LogP contribution in [0.2, 0.25) is 0 Å². The predicted molar refractivity (Wildman–Crippen MR) is 150 cm³/mol. The van der Waals surface area contributed by atoms with E-state index < -0.39 is 18.3 Å². The number of rotatable bonds is 6. The van der Waals surface area contributed by atoms with Crippen LogP contribution >= 0.6 is 0 Å². The van der Waals surface area contributed by atoms with E-state index >= 15 is 0 Å². The van der Waals surface area contributed by atoms with Gasteiger partial charge in [0.1, 0.15) is 28.9 Å². The molecule has 4 heterocycles. The van der Waals surface area contributed by atoms with E-state index in [1.807, 2.05) is 51.2 Å². The predicted octanol–water partition coefficient (Wildman–Crippen LogP) is 5.44. The van der Waals surface area contributed by atoms with Crippen molar-refractivity contribution in [2.24, 2.45) is 0 Å². The molecule has 4 aromatic rings. The van der Waals surface area contributed by atoms with Gasteiger partial charge in [-0.1, -0.05) is 18.2 Å². The van der Waals surface area contributed by atoms with Gasteiger partial charge in [0.05, 0.1) is 11.4 Å². The Hall–Kier alpha value is -4.25. The number of amides is 1. The van der Waals surface area contributed by atoms with Crippen LogP contribution in [0, 0.1) is 6.92 Å². The molecule has 1 amide bonds. The summed E-state index contributed by atoms with van der Waals surface area (Å²) in [4.78, 5) is 25.4. The van der Waals surface area contributed by atoms with E-state index in [2.05, 4.69) is 19.6 Å². The van der Waals surface area contributed by atoms with Gasteiger partial charge in [-0.25, -0.2) is 14.8 Å². The van der Waals surface area contributed by atoms with Crippen molar-refractivity contribution in [2.45, 2.75) is 46.0 Å². The number of imidazole rings is 1. The molecule has 1 aliphatic heterocycles. The SMILES string of the molecule is Cc1nc2ccc(-c3ccc(N4CCN(C(=O)OC(C)(C)C)CC4)nc3)cn2c1C(O)c1ccccc1OC(F)F. The van der Waals surface area contributed by atoms with Crippen LogP contribution in [0.1, 0.15) is 43.8 Å². The van der Waals surface area contributed by atoms with Gasteiger partial charge in [-0.15, -0.1) is 0 Å². The normalized spacial score (nSPS) is 14.9. The molecular weight excluding hydrogens is 532 g/mol. The first-order valence-corrected chi connectivity index (χ1v) is 13.4. The molecule has 9 nitrogen and oxygen atoms in total. The number of nitrogens with zero attached hydrogens (tertiary/aromatic N) is 5. The van der Waals surface area contributed by atoms with Crippen molar-refractivity contribution < 1.29 is 28.2 Å². The van der Waals surface area contributed by atoms with E-state index in [0.717, 1.165) is 16.9 Å². The molecule has 0 saturated carbocycles. The third-order valence-electron chi connectivity index (χ3n) is 6.86. The maximum Gasteiger partial charge on any atom is 0.410 e. The lowest BCUT2D eigenvalue weighted by Crippen LogP contribution is -2.50. The number of fused-ring (bicyclic) bond motifs is 1. The zero-order chi connectivity index (χ0) is 29.3. The number of aliphatic hydroxyl groups excluding tert-OH is 1. The Morgan fingerprint density at radius 3 is 2.37 bits per heavy atom. The minimum atomic E-state index is -3.01. The lowest BCUT2D eigenvalue weighted by atomic mass is 10.0. The van der Waals surface area contributed by atoms with Crippen molar-refractivity contribution in [3.63, 3.8) is 0 Å². The van der Waals surface area contributed by atoms with Gasteiger partial charge in [0.15, 0.2) is 0 Å². The topological polar surface area (TPSA) is 92.4 Å². The van der Waals surface area contributed by atoms with Gasteiger partial charge in [-0.3, -0.25) is 0 Å². The first-order chi connectivity index (χ1) is 19.5. The lowest BCUT2D eigenvalue weighted by Gasteiger charge is -2.36. The van der Waals surface area contributed by atoms with Crippen LogP contribution in [0.3, 0.4) is 0 Å². The van der Waals surface area contributed by atoms with Crippen LogP contribution in [0.5, 0.6) is 5.75 Å². The lowest BCUT2D eigenvalue weighted by molar-refractivity contribution is -0.0513. The molecule has 41 heavy (non-hydrogen) atoms. The average molecular weight is 566 g/mol. The Balaban J connectivity index is 1.35. The number of alkyl halides is 2. The molecule has 1 N–H and O–H groups in total. The first kappa shape index (κ1) is 28.3. The number of hydrogen-bond acceptors (Lipinski definition) is 7. The van der Waals surface area contributed by atoms with Gasteiger partial charge < -0.3 is 28.8 Å². The third kappa shape index (κ3) is 6.25. The molecule has 0 radical (unpaired) electrons. The van der Waals surface area contributed by atoms with E-state index in [0.29, 0.717) is 43.2 Å². The largest absolute Gasteiger partial charge is 0.444 e. The highest BCUT2D eigenvalue weighted by Gasteiger charge is 2.27. The summed E-state index contributed by atoms with van der Waals surface area (Å²) in [5.41, 5.74) is 3.03. The number of aromatic nitrogens is 3. The van der Waals surface area contributed by atoms with Crippen molar-refractivity contribution in [3.05, 3.63) is 77.9 Å². The summed E-state index contributed by atoms with van der Waals surface area (Å²) in [6.45, 7) is 6.69. The molecule has 1 aliphatic rings. The Labute approximate surface area is 237 Å².